The van der Waals surface area contributed by atoms with Crippen molar-refractivity contribution in [2.24, 2.45) is 34.5 Å². The van der Waals surface area contributed by atoms with Crippen LogP contribution in [0.2, 0.25) is 0 Å². The van der Waals surface area contributed by atoms with Crippen LogP contribution in [0.25, 0.3) is 0 Å². The average Bonchev–Trinajstić information content (AvgIpc) is 2.85. The first-order valence-corrected chi connectivity index (χ1v) is 17.4. The van der Waals surface area contributed by atoms with Gasteiger partial charge < -0.3 is 6.42 Å². The first kappa shape index (κ1) is 35.2. The second-order valence-corrected chi connectivity index (χ2v) is 15.7. The van der Waals surface area contributed by atoms with Gasteiger partial charge >= 0.3 is 0 Å². The molecule has 2 rings (SSSR count). The van der Waals surface area contributed by atoms with Gasteiger partial charge in [-0.15, -0.1) is 0 Å². The maximum atomic E-state index is 2.50. The summed E-state index contributed by atoms with van der Waals surface area (Å²) in [5.74, 6) is 3.15. The minimum absolute atomic E-state index is 0.309. The molecule has 2 aliphatic carbocycles. The summed E-state index contributed by atoms with van der Waals surface area (Å²) >= 11 is 0. The molecule has 0 aromatic heterocycles. The Morgan fingerprint density at radius 1 is 0.650 bits per heavy atom. The summed E-state index contributed by atoms with van der Waals surface area (Å²) in [6.45, 7) is 24.1. The van der Waals surface area contributed by atoms with Crippen LogP contribution in [0, 0.1) is 40.9 Å². The molecular weight excluding hydrogens is 480 g/mol. The first-order valence-electron chi connectivity index (χ1n) is 17.4. The van der Waals surface area contributed by atoms with Crippen LogP contribution < -0.4 is 0 Å². The molecule has 230 valence electrons. The normalized spacial score (nSPS) is 22.8. The van der Waals surface area contributed by atoms with Gasteiger partial charge in [0, 0.05) is 0 Å². The molecule has 0 nitrogen and oxygen atoms in total. The second-order valence-electron chi connectivity index (χ2n) is 15.7. The highest BCUT2D eigenvalue weighted by Gasteiger charge is 2.26. The summed E-state index contributed by atoms with van der Waals surface area (Å²) in [4.78, 5) is 0. The van der Waals surface area contributed by atoms with Crippen molar-refractivity contribution in [3.8, 4) is 0 Å². The van der Waals surface area contributed by atoms with Crippen molar-refractivity contribution in [3.05, 3.63) is 53.0 Å². The van der Waals surface area contributed by atoms with E-state index in [2.05, 4.69) is 100.0 Å². The van der Waals surface area contributed by atoms with Crippen molar-refractivity contribution < 1.29 is 0 Å². The van der Waals surface area contributed by atoms with Crippen molar-refractivity contribution >= 4 is 0 Å². The molecule has 40 heavy (non-hydrogen) atoms. The third-order valence-corrected chi connectivity index (χ3v) is 10.4. The number of hydrogen-bond acceptors (Lipinski definition) is 0. The summed E-state index contributed by atoms with van der Waals surface area (Å²) < 4.78 is 0. The van der Waals surface area contributed by atoms with Crippen molar-refractivity contribution in [3.63, 3.8) is 0 Å². The van der Waals surface area contributed by atoms with Gasteiger partial charge in [0.1, 0.15) is 0 Å². The maximum absolute atomic E-state index is 2.50. The summed E-state index contributed by atoms with van der Waals surface area (Å²) in [6.07, 6.45) is 32.7. The Bertz CT molecular complexity index is 784. The molecule has 0 aromatic rings. The van der Waals surface area contributed by atoms with Gasteiger partial charge in [0.25, 0.3) is 0 Å². The van der Waals surface area contributed by atoms with Crippen LogP contribution in [-0.4, -0.2) is 0 Å². The highest BCUT2D eigenvalue weighted by molar-refractivity contribution is 5.35. The highest BCUT2D eigenvalue weighted by atomic mass is 14.3. The Hall–Kier alpha value is -1.04. The van der Waals surface area contributed by atoms with Crippen LogP contribution in [0.5, 0.6) is 0 Å². The van der Waals surface area contributed by atoms with Crippen molar-refractivity contribution in [1.82, 2.24) is 0 Å². The van der Waals surface area contributed by atoms with E-state index in [4.69, 9.17) is 0 Å². The fraction of sp³-hybridized carbons (Fsp3) is 0.775. The van der Waals surface area contributed by atoms with E-state index in [-0.39, 0.29) is 0 Å². The van der Waals surface area contributed by atoms with E-state index >= 15 is 0 Å². The first-order chi connectivity index (χ1) is 18.8. The quantitative estimate of drug-likeness (QED) is 0.125. The topological polar surface area (TPSA) is 0 Å². The summed E-state index contributed by atoms with van der Waals surface area (Å²) in [5.41, 5.74) is 7.06. The van der Waals surface area contributed by atoms with E-state index in [9.17, 15) is 0 Å². The smallest absolute Gasteiger partial charge is 0.0104 e. The van der Waals surface area contributed by atoms with Crippen molar-refractivity contribution in [2.45, 2.75) is 166 Å². The van der Waals surface area contributed by atoms with Crippen LogP contribution in [0.4, 0.5) is 0 Å². The van der Waals surface area contributed by atoms with E-state index in [1.165, 1.54) is 96.3 Å². The van der Waals surface area contributed by atoms with Gasteiger partial charge in [-0.3, -0.25) is 0 Å². The maximum Gasteiger partial charge on any atom is -0.0104 e. The fourth-order valence-electron chi connectivity index (χ4n) is 7.39. The zero-order valence-electron chi connectivity index (χ0n) is 28.8. The van der Waals surface area contributed by atoms with E-state index in [1.807, 2.05) is 0 Å². The third-order valence-electron chi connectivity index (χ3n) is 10.4. The van der Waals surface area contributed by atoms with Crippen LogP contribution >= 0.6 is 0 Å². The predicted molar refractivity (Wildman–Crippen MR) is 181 cm³/mol. The second kappa shape index (κ2) is 17.2. The zero-order chi connectivity index (χ0) is 29.8. The molecule has 0 saturated heterocycles. The summed E-state index contributed by atoms with van der Waals surface area (Å²) in [5, 5.41) is 0. The van der Waals surface area contributed by atoms with E-state index in [0.29, 0.717) is 22.7 Å². The van der Waals surface area contributed by atoms with Crippen LogP contribution in [0.1, 0.15) is 166 Å². The number of unbranched alkanes of at least 4 members (excludes halogenated alkanes) is 1. The number of rotatable bonds is 17. The lowest BCUT2D eigenvalue weighted by Crippen LogP contribution is -2.19. The Morgan fingerprint density at radius 2 is 1.12 bits per heavy atom. The molecule has 0 bridgehead atoms. The number of allylic oxidation sites excluding steroid dienone is 8. The van der Waals surface area contributed by atoms with Crippen LogP contribution in [0.15, 0.2) is 46.6 Å². The molecule has 0 N–H and O–H groups in total. The average molecular weight is 550 g/mol. The Kier molecular flexibility index (Phi) is 15.1. The van der Waals surface area contributed by atoms with E-state index < -0.39 is 0 Å². The van der Waals surface area contributed by atoms with E-state index in [0.717, 1.165) is 11.8 Å². The minimum atomic E-state index is 0.309. The van der Waals surface area contributed by atoms with Gasteiger partial charge in [-0.25, -0.2) is 0 Å². The lowest BCUT2D eigenvalue weighted by atomic mass is 9.72. The molecule has 4 atom stereocenters. The van der Waals surface area contributed by atoms with Gasteiger partial charge in [0.2, 0.25) is 0 Å². The molecule has 0 heteroatoms. The number of hydrogen-bond donors (Lipinski definition) is 0. The molecule has 0 heterocycles. The summed E-state index contributed by atoms with van der Waals surface area (Å²) in [6, 6.07) is 0. The van der Waals surface area contributed by atoms with Gasteiger partial charge in [0.05, 0.1) is 0 Å². The Labute approximate surface area is 252 Å². The van der Waals surface area contributed by atoms with Crippen LogP contribution in [-0.2, 0) is 0 Å². The molecule has 0 fully saturated rings. The third kappa shape index (κ3) is 12.4. The SMILES string of the molecule is CC1=C(/C=C/C(C)CCCC(C)CCCCC(C)CCCC(C)/C=C/C2=C(C)CCCC2(C)C)C(C)(C)C[CH-]C1. The Morgan fingerprint density at radius 3 is 1.60 bits per heavy atom. The molecule has 4 unspecified atom stereocenters. The van der Waals surface area contributed by atoms with Crippen LogP contribution in [0.3, 0.4) is 0 Å². The standard InChI is InChI=1S/C40H69/c1-31(19-13-21-33(3)25-27-37-35(5)23-15-29-39(37,7)8)17-11-12-18-32(2)20-14-22-34(4)26-28-38-36(6)24-16-30-40(38,9)10/h15,25-28,31-34H,11-14,16-24,29-30H2,1-10H3/q-1/b27-25+,28-26+. The molecule has 2 aliphatic rings. The molecule has 0 amide bonds. The summed E-state index contributed by atoms with van der Waals surface area (Å²) in [7, 11) is 0. The molecule has 0 saturated carbocycles. The zero-order valence-corrected chi connectivity index (χ0v) is 28.8. The minimum Gasteiger partial charge on any atom is -0.324 e. The van der Waals surface area contributed by atoms with E-state index in [1.54, 1.807) is 22.3 Å². The van der Waals surface area contributed by atoms with Crippen molar-refractivity contribution in [1.29, 1.82) is 0 Å². The highest BCUT2D eigenvalue weighted by Crippen LogP contribution is 2.41. The molecule has 0 aliphatic heterocycles. The monoisotopic (exact) mass is 550 g/mol. The van der Waals surface area contributed by atoms with Crippen molar-refractivity contribution in [2.75, 3.05) is 0 Å². The molecule has 0 radical (unpaired) electrons. The predicted octanol–water partition coefficient (Wildman–Crippen LogP) is 13.4. The lowest BCUT2D eigenvalue weighted by molar-refractivity contribution is 0.376. The van der Waals surface area contributed by atoms with Gasteiger partial charge in [0.15, 0.2) is 0 Å². The molecule has 0 aromatic carbocycles. The molecule has 0 spiro atoms. The Balaban J connectivity index is 1.54. The largest absolute Gasteiger partial charge is 0.324 e. The fourth-order valence-corrected chi connectivity index (χ4v) is 7.39. The molecular formula is C40H69-. The lowest BCUT2D eigenvalue weighted by Gasteiger charge is -2.39. The van der Waals surface area contributed by atoms with Gasteiger partial charge in [-0.1, -0.05) is 142 Å². The van der Waals surface area contributed by atoms with Gasteiger partial charge in [-0.2, -0.15) is 12.8 Å². The van der Waals surface area contributed by atoms with Gasteiger partial charge in [-0.05, 0) is 91.6 Å².